The highest BCUT2D eigenvalue weighted by Crippen LogP contribution is 2.14. The maximum atomic E-state index is 9.65. The second-order valence-corrected chi connectivity index (χ2v) is 7.10. The van der Waals surface area contributed by atoms with Crippen LogP contribution in [0.15, 0.2) is 0 Å². The van der Waals surface area contributed by atoms with Gasteiger partial charge in [-0.05, 0) is 26.8 Å². The summed E-state index contributed by atoms with van der Waals surface area (Å²) in [5, 5.41) is 33.7. The number of hydrogen-bond acceptors (Lipinski definition) is 6. The Morgan fingerprint density at radius 2 is 1.33 bits per heavy atom. The van der Waals surface area contributed by atoms with Gasteiger partial charge in [0.15, 0.2) is 0 Å². The van der Waals surface area contributed by atoms with Gasteiger partial charge in [0.05, 0.1) is 18.9 Å². The Kier molecular flexibility index (Phi) is 13.6. The molecule has 0 aliphatic heterocycles. The Bertz CT molecular complexity index is 171. The predicted molar refractivity (Wildman–Crippen MR) is 71.3 cm³/mol. The van der Waals surface area contributed by atoms with Gasteiger partial charge in [0.1, 0.15) is 6.10 Å². The SMILES string of the molecule is CCO[Si](C)(OCC)C(O)CC.OCC(O)CO. The zero-order chi connectivity index (χ0) is 14.6. The van der Waals surface area contributed by atoms with Crippen LogP contribution in [0.1, 0.15) is 27.2 Å². The van der Waals surface area contributed by atoms with Gasteiger partial charge in [0.2, 0.25) is 0 Å². The summed E-state index contributed by atoms with van der Waals surface area (Å²) >= 11 is 0. The highest BCUT2D eigenvalue weighted by atomic mass is 28.4. The summed E-state index contributed by atoms with van der Waals surface area (Å²) in [6.07, 6.45) is -0.257. The first-order chi connectivity index (χ1) is 8.41. The van der Waals surface area contributed by atoms with E-state index in [0.717, 1.165) is 0 Å². The van der Waals surface area contributed by atoms with Crippen molar-refractivity contribution in [1.29, 1.82) is 0 Å². The summed E-state index contributed by atoms with van der Waals surface area (Å²) in [5.41, 5.74) is -0.419. The number of aliphatic hydroxyl groups excluding tert-OH is 4. The van der Waals surface area contributed by atoms with E-state index in [9.17, 15) is 5.11 Å². The lowest BCUT2D eigenvalue weighted by Gasteiger charge is -2.29. The molecule has 0 aromatic rings. The Hall–Kier alpha value is -0.0231. The van der Waals surface area contributed by atoms with Crippen LogP contribution in [0.4, 0.5) is 0 Å². The fourth-order valence-corrected chi connectivity index (χ4v) is 3.59. The molecule has 0 heterocycles. The highest BCUT2D eigenvalue weighted by molar-refractivity contribution is 6.67. The molecule has 0 aliphatic rings. The van der Waals surface area contributed by atoms with Gasteiger partial charge in [-0.1, -0.05) is 6.92 Å². The quantitative estimate of drug-likeness (QED) is 0.460. The van der Waals surface area contributed by atoms with Gasteiger partial charge in [-0.25, -0.2) is 0 Å². The maximum absolute atomic E-state index is 9.65. The van der Waals surface area contributed by atoms with Crippen molar-refractivity contribution in [2.24, 2.45) is 0 Å². The summed E-state index contributed by atoms with van der Waals surface area (Å²) in [6, 6.07) is 0. The zero-order valence-electron chi connectivity index (χ0n) is 11.8. The van der Waals surface area contributed by atoms with Gasteiger partial charge >= 0.3 is 8.56 Å². The first-order valence-corrected chi connectivity index (χ1v) is 8.66. The molecule has 6 nitrogen and oxygen atoms in total. The summed E-state index contributed by atoms with van der Waals surface area (Å²) in [4.78, 5) is 0. The van der Waals surface area contributed by atoms with Crippen molar-refractivity contribution >= 4 is 8.56 Å². The molecule has 7 heteroatoms. The van der Waals surface area contributed by atoms with Crippen molar-refractivity contribution in [3.63, 3.8) is 0 Å². The summed E-state index contributed by atoms with van der Waals surface area (Å²) in [7, 11) is -2.30. The minimum Gasteiger partial charge on any atom is -0.394 e. The first-order valence-electron chi connectivity index (χ1n) is 6.27. The summed E-state index contributed by atoms with van der Waals surface area (Å²) in [6.45, 7) is 8.19. The fourth-order valence-electron chi connectivity index (χ4n) is 1.24. The van der Waals surface area contributed by atoms with E-state index in [0.29, 0.717) is 19.6 Å². The highest BCUT2D eigenvalue weighted by Gasteiger charge is 2.38. The molecule has 112 valence electrons. The van der Waals surface area contributed by atoms with Crippen LogP contribution in [0.3, 0.4) is 0 Å². The number of aliphatic hydroxyl groups is 4. The van der Waals surface area contributed by atoms with Gasteiger partial charge in [-0.15, -0.1) is 0 Å². The second kappa shape index (κ2) is 12.0. The Morgan fingerprint density at radius 1 is 0.944 bits per heavy atom. The van der Waals surface area contributed by atoms with Gasteiger partial charge in [-0.3, -0.25) is 0 Å². The van der Waals surface area contributed by atoms with E-state index in [4.69, 9.17) is 24.2 Å². The summed E-state index contributed by atoms with van der Waals surface area (Å²) in [5.74, 6) is 0. The molecule has 0 spiro atoms. The van der Waals surface area contributed by atoms with Crippen molar-refractivity contribution in [3.8, 4) is 0 Å². The molecular weight excluding hydrogens is 256 g/mol. The molecule has 0 bridgehead atoms. The lowest BCUT2D eigenvalue weighted by molar-refractivity contribution is 0.0450. The minimum atomic E-state index is -2.30. The molecule has 1 unspecified atom stereocenters. The van der Waals surface area contributed by atoms with Crippen LogP contribution in [0.2, 0.25) is 6.55 Å². The largest absolute Gasteiger partial charge is 0.394 e. The molecule has 0 aromatic carbocycles. The fraction of sp³-hybridized carbons (Fsp3) is 1.00. The van der Waals surface area contributed by atoms with Gasteiger partial charge in [0.25, 0.3) is 0 Å². The Balaban J connectivity index is 0. The van der Waals surface area contributed by atoms with Crippen LogP contribution < -0.4 is 0 Å². The van der Waals surface area contributed by atoms with E-state index in [-0.39, 0.29) is 13.2 Å². The standard InChI is InChI=1S/C8H20O3Si.C3H8O3/c1-5-8(9)12(4,10-6-2)11-7-3;4-1-3(6)2-5/h8-9H,5-7H2,1-4H3;3-6H,1-2H2. The van der Waals surface area contributed by atoms with Crippen molar-refractivity contribution < 1.29 is 29.3 Å². The summed E-state index contributed by atoms with van der Waals surface area (Å²) < 4.78 is 11.0. The maximum Gasteiger partial charge on any atom is 0.364 e. The molecule has 0 amide bonds. The molecule has 0 aromatic heterocycles. The second-order valence-electron chi connectivity index (χ2n) is 3.83. The van der Waals surface area contributed by atoms with Gasteiger partial charge < -0.3 is 29.3 Å². The van der Waals surface area contributed by atoms with E-state index >= 15 is 0 Å². The lowest BCUT2D eigenvalue weighted by Crippen LogP contribution is -2.50. The molecule has 18 heavy (non-hydrogen) atoms. The van der Waals surface area contributed by atoms with E-state index in [2.05, 4.69) is 0 Å². The Morgan fingerprint density at radius 3 is 1.50 bits per heavy atom. The van der Waals surface area contributed by atoms with E-state index < -0.39 is 20.4 Å². The van der Waals surface area contributed by atoms with Crippen LogP contribution in [0.5, 0.6) is 0 Å². The molecule has 0 fully saturated rings. The van der Waals surface area contributed by atoms with Crippen molar-refractivity contribution in [3.05, 3.63) is 0 Å². The smallest absolute Gasteiger partial charge is 0.364 e. The van der Waals surface area contributed by atoms with Crippen molar-refractivity contribution in [2.75, 3.05) is 26.4 Å². The molecule has 0 aliphatic carbocycles. The predicted octanol–water partition coefficient (Wildman–Crippen LogP) is -0.227. The molecular formula is C11H28O6Si. The molecule has 0 radical (unpaired) electrons. The number of rotatable bonds is 8. The Labute approximate surface area is 110 Å². The third kappa shape index (κ3) is 8.98. The molecule has 0 rings (SSSR count). The normalized spacial score (nSPS) is 13.2. The zero-order valence-corrected chi connectivity index (χ0v) is 12.8. The minimum absolute atomic E-state index is 0.365. The molecule has 0 saturated heterocycles. The topological polar surface area (TPSA) is 99.4 Å². The van der Waals surface area contributed by atoms with Crippen LogP contribution >= 0.6 is 0 Å². The average molecular weight is 284 g/mol. The first kappa shape index (κ1) is 20.3. The molecule has 0 saturated carbocycles. The van der Waals surface area contributed by atoms with Crippen LogP contribution in [-0.4, -0.2) is 67.2 Å². The molecule has 1 atom stereocenters. The average Bonchev–Trinajstić information content (AvgIpc) is 2.38. The van der Waals surface area contributed by atoms with Crippen LogP contribution in [0.25, 0.3) is 0 Å². The van der Waals surface area contributed by atoms with Gasteiger partial charge in [0, 0.05) is 13.2 Å². The van der Waals surface area contributed by atoms with Crippen molar-refractivity contribution in [2.45, 2.75) is 45.6 Å². The molecule has 4 N–H and O–H groups in total. The van der Waals surface area contributed by atoms with Crippen molar-refractivity contribution in [1.82, 2.24) is 0 Å². The van der Waals surface area contributed by atoms with Crippen LogP contribution in [-0.2, 0) is 8.85 Å². The van der Waals surface area contributed by atoms with E-state index in [1.807, 2.05) is 27.3 Å². The van der Waals surface area contributed by atoms with E-state index in [1.54, 1.807) is 0 Å². The lowest BCUT2D eigenvalue weighted by atomic mass is 10.4. The van der Waals surface area contributed by atoms with E-state index in [1.165, 1.54) is 0 Å². The van der Waals surface area contributed by atoms with Crippen LogP contribution in [0, 0.1) is 0 Å². The third-order valence-corrected chi connectivity index (χ3v) is 5.62. The third-order valence-electron chi connectivity index (χ3n) is 2.28. The number of hydrogen-bond donors (Lipinski definition) is 4. The van der Waals surface area contributed by atoms with Gasteiger partial charge in [-0.2, -0.15) is 0 Å². The monoisotopic (exact) mass is 284 g/mol.